The molecule has 0 bridgehead atoms. The zero-order valence-corrected chi connectivity index (χ0v) is 7.81. The van der Waals surface area contributed by atoms with E-state index < -0.39 is 37.0 Å². The number of carbonyl (C=O) groups is 1. The van der Waals surface area contributed by atoms with Gasteiger partial charge in [0.2, 0.25) is 0 Å². The molecule has 0 aliphatic heterocycles. The maximum atomic E-state index is 12.9. The molecular formula is C7H11F4NO3. The summed E-state index contributed by atoms with van der Waals surface area (Å²) in [5.74, 6) is -1.90. The van der Waals surface area contributed by atoms with Crippen molar-refractivity contribution < 1.29 is 32.6 Å². The summed E-state index contributed by atoms with van der Waals surface area (Å²) in [6.07, 6.45) is -6.74. The van der Waals surface area contributed by atoms with Crippen molar-refractivity contribution in [3.63, 3.8) is 0 Å². The molecule has 2 unspecified atom stereocenters. The average Bonchev–Trinajstić information content (AvgIpc) is 2.11. The minimum absolute atomic E-state index is 0.0770. The summed E-state index contributed by atoms with van der Waals surface area (Å²) in [6.45, 7) is -1.31. The maximum absolute atomic E-state index is 12.9. The van der Waals surface area contributed by atoms with Crippen molar-refractivity contribution in [1.29, 1.82) is 0 Å². The van der Waals surface area contributed by atoms with Gasteiger partial charge in [0.15, 0.2) is 0 Å². The van der Waals surface area contributed by atoms with Gasteiger partial charge in [-0.2, -0.15) is 13.2 Å². The number of hydrogen-bond donors (Lipinski definition) is 3. The van der Waals surface area contributed by atoms with Crippen LogP contribution in [0.25, 0.3) is 0 Å². The van der Waals surface area contributed by atoms with E-state index >= 15 is 0 Å². The van der Waals surface area contributed by atoms with Crippen LogP contribution in [-0.4, -0.2) is 47.2 Å². The minimum atomic E-state index is -5.32. The van der Waals surface area contributed by atoms with Crippen LogP contribution < -0.4 is 5.32 Å². The molecule has 0 aromatic heterocycles. The van der Waals surface area contributed by atoms with Crippen molar-refractivity contribution in [2.24, 2.45) is 0 Å². The van der Waals surface area contributed by atoms with Crippen molar-refractivity contribution in [2.75, 3.05) is 13.2 Å². The second kappa shape index (κ2) is 4.75. The predicted octanol–water partition coefficient (Wildman–Crippen LogP) is -0.254. The predicted molar refractivity (Wildman–Crippen MR) is 41.7 cm³/mol. The number of hydrogen-bond acceptors (Lipinski definition) is 3. The topological polar surface area (TPSA) is 69.6 Å². The maximum Gasteiger partial charge on any atom is 0.431 e. The van der Waals surface area contributed by atoms with E-state index in [0.717, 1.165) is 0 Å². The zero-order valence-electron chi connectivity index (χ0n) is 7.81. The van der Waals surface area contributed by atoms with Crippen LogP contribution in [0.15, 0.2) is 0 Å². The largest absolute Gasteiger partial charge is 0.431 e. The first kappa shape index (κ1) is 14.1. The first-order valence-electron chi connectivity index (χ1n) is 3.95. The van der Waals surface area contributed by atoms with E-state index in [0.29, 0.717) is 0 Å². The molecule has 0 aromatic carbocycles. The molecule has 2 atom stereocenters. The van der Waals surface area contributed by atoms with Crippen molar-refractivity contribution in [3.8, 4) is 0 Å². The highest BCUT2D eigenvalue weighted by Gasteiger charge is 2.57. The molecule has 15 heavy (non-hydrogen) atoms. The molecule has 0 aliphatic rings. The molecule has 0 rings (SSSR count). The van der Waals surface area contributed by atoms with Crippen LogP contribution in [0, 0.1) is 0 Å². The van der Waals surface area contributed by atoms with Gasteiger partial charge in [-0.3, -0.25) is 4.79 Å². The highest BCUT2D eigenvalue weighted by molar-refractivity contribution is 5.85. The molecule has 4 nitrogen and oxygen atoms in total. The fourth-order valence-electron chi connectivity index (χ4n) is 0.570. The van der Waals surface area contributed by atoms with Crippen molar-refractivity contribution in [2.45, 2.75) is 24.9 Å². The Morgan fingerprint density at radius 2 is 1.87 bits per heavy atom. The van der Waals surface area contributed by atoms with E-state index in [-0.39, 0.29) is 6.92 Å². The number of aliphatic hydroxyl groups excluding tert-OH is 2. The quantitative estimate of drug-likeness (QED) is 0.586. The van der Waals surface area contributed by atoms with E-state index in [1.54, 1.807) is 0 Å². The number of rotatable bonds is 4. The lowest BCUT2D eigenvalue weighted by Crippen LogP contribution is -2.52. The van der Waals surface area contributed by atoms with Gasteiger partial charge in [0.05, 0.1) is 12.7 Å². The molecule has 0 saturated carbocycles. The summed E-state index contributed by atoms with van der Waals surface area (Å²) in [4.78, 5) is 10.7. The average molecular weight is 233 g/mol. The molecule has 0 fully saturated rings. The normalized spacial score (nSPS) is 18.1. The summed E-state index contributed by atoms with van der Waals surface area (Å²) in [5, 5.41) is 18.5. The fraction of sp³-hybridized carbons (Fsp3) is 0.857. The van der Waals surface area contributed by atoms with Gasteiger partial charge in [0.1, 0.15) is 0 Å². The van der Waals surface area contributed by atoms with Crippen molar-refractivity contribution in [3.05, 3.63) is 0 Å². The Morgan fingerprint density at radius 1 is 1.40 bits per heavy atom. The van der Waals surface area contributed by atoms with Gasteiger partial charge >= 0.3 is 6.18 Å². The fourth-order valence-corrected chi connectivity index (χ4v) is 0.570. The Morgan fingerprint density at radius 3 is 2.20 bits per heavy atom. The Bertz CT molecular complexity index is 229. The Hall–Kier alpha value is -0.890. The van der Waals surface area contributed by atoms with Gasteiger partial charge in [-0.1, -0.05) is 0 Å². The van der Waals surface area contributed by atoms with Crippen LogP contribution in [0.2, 0.25) is 0 Å². The number of aliphatic hydroxyl groups is 2. The minimum Gasteiger partial charge on any atom is -0.394 e. The van der Waals surface area contributed by atoms with Gasteiger partial charge in [-0.25, -0.2) is 4.39 Å². The van der Waals surface area contributed by atoms with E-state index in [1.165, 1.54) is 5.32 Å². The second-order valence-corrected chi connectivity index (χ2v) is 3.05. The van der Waals surface area contributed by atoms with Crippen molar-refractivity contribution in [1.82, 2.24) is 5.32 Å². The molecule has 0 aromatic rings. The van der Waals surface area contributed by atoms with Gasteiger partial charge in [0, 0.05) is 6.54 Å². The molecule has 90 valence electrons. The monoisotopic (exact) mass is 233 g/mol. The number of carbonyl (C=O) groups excluding carboxylic acids is 1. The molecule has 0 heterocycles. The molecular weight excluding hydrogens is 222 g/mol. The SMILES string of the molecule is CC(F)(C(=O)NCC(O)CO)C(F)(F)F. The first-order valence-corrected chi connectivity index (χ1v) is 3.95. The summed E-state index contributed by atoms with van der Waals surface area (Å²) in [5.41, 5.74) is -4.01. The summed E-state index contributed by atoms with van der Waals surface area (Å²) < 4.78 is 48.7. The smallest absolute Gasteiger partial charge is 0.394 e. The molecule has 0 aliphatic carbocycles. The lowest BCUT2D eigenvalue weighted by Gasteiger charge is -2.22. The van der Waals surface area contributed by atoms with Crippen molar-refractivity contribution >= 4 is 5.91 Å². The zero-order chi connectivity index (χ0) is 12.3. The van der Waals surface area contributed by atoms with Crippen LogP contribution >= 0.6 is 0 Å². The van der Waals surface area contributed by atoms with E-state index in [9.17, 15) is 22.4 Å². The lowest BCUT2D eigenvalue weighted by molar-refractivity contribution is -0.221. The third-order valence-electron chi connectivity index (χ3n) is 1.67. The molecule has 0 saturated heterocycles. The lowest BCUT2D eigenvalue weighted by atomic mass is 10.1. The first-order chi connectivity index (χ1) is 6.63. The Balaban J connectivity index is 4.33. The van der Waals surface area contributed by atoms with Gasteiger partial charge < -0.3 is 15.5 Å². The number of nitrogens with one attached hydrogen (secondary N) is 1. The molecule has 1 amide bonds. The molecule has 8 heteroatoms. The highest BCUT2D eigenvalue weighted by Crippen LogP contribution is 2.33. The van der Waals surface area contributed by atoms with Crippen LogP contribution in [0.3, 0.4) is 0 Å². The third-order valence-corrected chi connectivity index (χ3v) is 1.67. The van der Waals surface area contributed by atoms with Crippen LogP contribution in [0.4, 0.5) is 17.6 Å². The van der Waals surface area contributed by atoms with E-state index in [1.807, 2.05) is 0 Å². The van der Waals surface area contributed by atoms with Gasteiger partial charge in [-0.05, 0) is 6.92 Å². The summed E-state index contributed by atoms with van der Waals surface area (Å²) in [7, 11) is 0. The molecule has 0 radical (unpaired) electrons. The third kappa shape index (κ3) is 3.63. The van der Waals surface area contributed by atoms with E-state index in [2.05, 4.69) is 0 Å². The van der Waals surface area contributed by atoms with Crippen LogP contribution in [0.1, 0.15) is 6.92 Å². The van der Waals surface area contributed by atoms with Gasteiger partial charge in [0.25, 0.3) is 11.6 Å². The number of halogens is 4. The number of alkyl halides is 4. The van der Waals surface area contributed by atoms with E-state index in [4.69, 9.17) is 10.2 Å². The van der Waals surface area contributed by atoms with Crippen LogP contribution in [0.5, 0.6) is 0 Å². The summed E-state index contributed by atoms with van der Waals surface area (Å²) in [6, 6.07) is 0. The Kier molecular flexibility index (Phi) is 4.47. The standard InChI is InChI=1S/C7H11F4NO3/c1-6(8,7(9,10)11)5(15)12-2-4(14)3-13/h4,13-14H,2-3H2,1H3,(H,12,15). The highest BCUT2D eigenvalue weighted by atomic mass is 19.4. The summed E-state index contributed by atoms with van der Waals surface area (Å²) >= 11 is 0. The number of amides is 1. The molecule has 3 N–H and O–H groups in total. The second-order valence-electron chi connectivity index (χ2n) is 3.05. The van der Waals surface area contributed by atoms with Crippen LogP contribution in [-0.2, 0) is 4.79 Å². The van der Waals surface area contributed by atoms with Gasteiger partial charge in [-0.15, -0.1) is 0 Å². The molecule has 0 spiro atoms. The Labute approximate surface area is 82.9 Å².